The zero-order valence-electron chi connectivity index (χ0n) is 34.1. The van der Waals surface area contributed by atoms with E-state index in [1.54, 1.807) is 0 Å². The zero-order valence-corrected chi connectivity index (χ0v) is 38.2. The molecular formula is C34H34N8O23S5. The molecule has 31 nitrogen and oxygen atoms in total. The maximum atomic E-state index is 11.4. The molecular weight excluding hydrogens is 1050 g/mol. The normalized spacial score (nSPS) is 11.8. The molecule has 0 aliphatic rings. The molecule has 0 aliphatic heterocycles. The molecule has 0 unspecified atom stereocenters. The maximum absolute atomic E-state index is 11.4. The van der Waals surface area contributed by atoms with Crippen LogP contribution in [0.1, 0.15) is 20.7 Å². The maximum Gasteiger partial charge on any atom is 0.335 e. The second-order valence-electron chi connectivity index (χ2n) is 13.5. The Hall–Kier alpha value is -8.07. The number of phenolic OH excluding ortho intramolecular Hbond substituents is 2. The van der Waals surface area contributed by atoms with Gasteiger partial charge in [0.2, 0.25) is 0 Å². The highest BCUT2D eigenvalue weighted by atomic mass is 32.2. The van der Waals surface area contributed by atoms with E-state index in [2.05, 4.69) is 0 Å². The molecule has 0 aliphatic carbocycles. The number of carboxylic acids is 2. The first-order valence-corrected chi connectivity index (χ1v) is 24.6. The van der Waals surface area contributed by atoms with Crippen LogP contribution in [0.25, 0.3) is 21.5 Å². The van der Waals surface area contributed by atoms with Gasteiger partial charge in [-0.3, -0.25) is 32.9 Å². The van der Waals surface area contributed by atoms with Crippen LogP contribution in [-0.4, -0.2) is 102 Å². The number of carboxylic acid groups (broad SMARTS) is 2. The third-order valence-corrected chi connectivity index (χ3v) is 13.3. The molecule has 23 N–H and O–H groups in total. The molecule has 6 rings (SSSR count). The molecule has 0 fully saturated rings. The fourth-order valence-corrected chi connectivity index (χ4v) is 9.14. The lowest BCUT2D eigenvalue weighted by atomic mass is 10.1. The quantitative estimate of drug-likeness (QED) is 0.0333. The third kappa shape index (κ3) is 12.7. The van der Waals surface area contributed by atoms with Crippen LogP contribution >= 0.6 is 0 Å². The number of anilines is 7. The van der Waals surface area contributed by atoms with Crippen molar-refractivity contribution in [1.29, 1.82) is 0 Å². The number of nitrogen functional groups attached to an aromatic ring is 7. The highest BCUT2D eigenvalue weighted by molar-refractivity contribution is 7.87. The van der Waals surface area contributed by atoms with Gasteiger partial charge >= 0.3 is 11.9 Å². The lowest BCUT2D eigenvalue weighted by Crippen LogP contribution is -2.08. The number of nitrogens with zero attached hydrogens (tertiary/aromatic N) is 1. The van der Waals surface area contributed by atoms with Crippen molar-refractivity contribution in [2.45, 2.75) is 24.5 Å². The van der Waals surface area contributed by atoms with Crippen LogP contribution in [0, 0.1) is 10.1 Å². The second-order valence-corrected chi connectivity index (χ2v) is 20.4. The van der Waals surface area contributed by atoms with Gasteiger partial charge in [-0.25, -0.2) is 9.59 Å². The highest BCUT2D eigenvalue weighted by Gasteiger charge is 2.28. The lowest BCUT2D eigenvalue weighted by molar-refractivity contribution is -0.385. The highest BCUT2D eigenvalue weighted by Crippen LogP contribution is 2.44. The number of hydrogen-bond acceptors (Lipinski definition) is 23. The Morgan fingerprint density at radius 2 is 0.886 bits per heavy atom. The van der Waals surface area contributed by atoms with Crippen molar-refractivity contribution in [1.82, 2.24) is 0 Å². The molecule has 0 atom stereocenters. The monoisotopic (exact) mass is 1080 g/mol. The van der Waals surface area contributed by atoms with Crippen molar-refractivity contribution in [2.24, 2.45) is 0 Å². The minimum absolute atomic E-state index is 0.123. The molecule has 378 valence electrons. The van der Waals surface area contributed by atoms with E-state index in [0.29, 0.717) is 18.2 Å². The van der Waals surface area contributed by atoms with E-state index in [-0.39, 0.29) is 50.3 Å². The van der Waals surface area contributed by atoms with Crippen LogP contribution in [0.2, 0.25) is 0 Å². The fraction of sp³-hybridized carbons (Fsp3) is 0. The summed E-state index contributed by atoms with van der Waals surface area (Å²) in [6, 6.07) is 10.7. The lowest BCUT2D eigenvalue weighted by Gasteiger charge is -2.14. The first-order chi connectivity index (χ1) is 31.6. The number of nitrogens with two attached hydrogens (primary N) is 7. The van der Waals surface area contributed by atoms with Crippen molar-refractivity contribution in [3.05, 3.63) is 88.0 Å². The summed E-state index contributed by atoms with van der Waals surface area (Å²) in [4.78, 5) is 26.4. The van der Waals surface area contributed by atoms with Crippen LogP contribution < -0.4 is 40.1 Å². The third-order valence-electron chi connectivity index (χ3n) is 8.74. The van der Waals surface area contributed by atoms with E-state index in [1.807, 2.05) is 0 Å². The summed E-state index contributed by atoms with van der Waals surface area (Å²) in [6.07, 6.45) is 0. The SMILES string of the molecule is Nc1cc(C(=O)O)cc(C(=O)O)c1.Nc1cc(S(=O)(=O)O)c2cc(S(=O)(=O)O)c(N)c(O)c2c1N.Nc1ccc([N+](=O)[O-])cc1S(=O)(=O)O.Nc1ccc2c(O)c(N)c(S(=O)(=O)O)cc2c1S(=O)(=O)O. The molecule has 0 radical (unpaired) electrons. The standard InChI is InChI=1S/C10H11N3O7S2.C10H10N2O7S2.C8H7NO4.C6H6N2O5S/c11-4-2-5(21(15,16)17)3-1-6(22(18,19)20)9(13)10(14)7(3)8(4)12;11-6-2-1-4-5(10(6)21(17,18)19)3-7(20(14,15)16)8(12)9(4)13;9-6-2-4(7(10)11)1-5(3-6)8(12)13;7-5-2-1-4(8(9)10)3-6(5)14(11,12)13/h1-2,14H,11-13H2,(H,15,16,17)(H,18,19,20);1-3,13H,11-12H2,(H,14,15,16)(H,17,18,19);1-3H,9H2,(H,10,11)(H,12,13);1-3H,7H2,(H,11,12,13). The summed E-state index contributed by atoms with van der Waals surface area (Å²) in [6.45, 7) is 0. The van der Waals surface area contributed by atoms with Crippen molar-refractivity contribution in [2.75, 3.05) is 40.1 Å². The molecule has 0 spiro atoms. The Bertz CT molecular complexity index is 3750. The average Bonchev–Trinajstić information content (AvgIpc) is 3.19. The Balaban J connectivity index is 0.000000253. The van der Waals surface area contributed by atoms with E-state index in [1.165, 1.54) is 18.2 Å². The molecule has 0 saturated heterocycles. The van der Waals surface area contributed by atoms with Gasteiger partial charge in [-0.05, 0) is 54.6 Å². The number of carbonyl (C=O) groups is 2. The van der Waals surface area contributed by atoms with Gasteiger partial charge in [0.15, 0.2) is 0 Å². The van der Waals surface area contributed by atoms with Crippen LogP contribution in [0.15, 0.2) is 91.2 Å². The van der Waals surface area contributed by atoms with Crippen LogP contribution in [0.4, 0.5) is 45.5 Å². The van der Waals surface area contributed by atoms with Crippen LogP contribution in [-0.2, 0) is 50.6 Å². The number of phenols is 2. The Morgan fingerprint density at radius 1 is 0.457 bits per heavy atom. The molecule has 70 heavy (non-hydrogen) atoms. The number of nitro groups is 1. The zero-order chi connectivity index (χ0) is 54.1. The summed E-state index contributed by atoms with van der Waals surface area (Å²) in [5, 5.41) is 45.9. The van der Waals surface area contributed by atoms with E-state index in [0.717, 1.165) is 30.3 Å². The summed E-state index contributed by atoms with van der Waals surface area (Å²) in [5.41, 5.74) is 34.8. The van der Waals surface area contributed by atoms with Gasteiger partial charge in [-0.2, -0.15) is 42.1 Å². The topological polar surface area (TPSA) is 612 Å². The van der Waals surface area contributed by atoms with Gasteiger partial charge in [0.25, 0.3) is 56.3 Å². The first kappa shape index (κ1) is 56.3. The number of nitro benzene ring substituents is 1. The molecule has 0 bridgehead atoms. The molecule has 0 aromatic heterocycles. The summed E-state index contributed by atoms with van der Waals surface area (Å²) in [5.74, 6) is -4.05. The van der Waals surface area contributed by atoms with Crippen molar-refractivity contribution >= 4 is 130 Å². The summed E-state index contributed by atoms with van der Waals surface area (Å²) >= 11 is 0. The van der Waals surface area contributed by atoms with Gasteiger partial charge in [-0.15, -0.1) is 0 Å². The number of fused-ring (bicyclic) bond motifs is 2. The predicted molar refractivity (Wildman–Crippen MR) is 245 cm³/mol. The number of aromatic carboxylic acids is 2. The molecule has 0 saturated carbocycles. The van der Waals surface area contributed by atoms with Crippen LogP contribution in [0.3, 0.4) is 0 Å². The smallest absolute Gasteiger partial charge is 0.335 e. The van der Waals surface area contributed by atoms with Gasteiger partial charge in [-0.1, -0.05) is 0 Å². The average molecular weight is 1080 g/mol. The Morgan fingerprint density at radius 3 is 1.30 bits per heavy atom. The van der Waals surface area contributed by atoms with Gasteiger partial charge in [0.05, 0.1) is 55.6 Å². The molecule has 6 aromatic carbocycles. The molecule has 0 amide bonds. The second kappa shape index (κ2) is 19.9. The fourth-order valence-electron chi connectivity index (χ4n) is 5.69. The largest absolute Gasteiger partial charge is 0.505 e. The summed E-state index contributed by atoms with van der Waals surface area (Å²) in [7, 11) is -23.8. The van der Waals surface area contributed by atoms with Crippen molar-refractivity contribution in [3.63, 3.8) is 0 Å². The van der Waals surface area contributed by atoms with E-state index < -0.39 is 131 Å². The number of aromatic hydroxyl groups is 2. The number of non-ortho nitro benzene ring substituents is 1. The number of hydrogen-bond donors (Lipinski definition) is 16. The van der Waals surface area contributed by atoms with Gasteiger partial charge in [0, 0.05) is 34.0 Å². The minimum atomic E-state index is -4.87. The van der Waals surface area contributed by atoms with Crippen LogP contribution in [0.5, 0.6) is 11.5 Å². The van der Waals surface area contributed by atoms with E-state index in [9.17, 15) is 81.1 Å². The molecule has 0 heterocycles. The van der Waals surface area contributed by atoms with E-state index >= 15 is 0 Å². The Kier molecular flexibility index (Phi) is 16.0. The number of benzene rings is 6. The minimum Gasteiger partial charge on any atom is -0.505 e. The van der Waals surface area contributed by atoms with Crippen molar-refractivity contribution in [3.8, 4) is 11.5 Å². The van der Waals surface area contributed by atoms with Gasteiger partial charge < -0.3 is 60.6 Å². The van der Waals surface area contributed by atoms with Crippen molar-refractivity contribution < 1.29 is 99.8 Å². The first-order valence-electron chi connectivity index (χ1n) is 17.4. The van der Waals surface area contributed by atoms with Gasteiger partial charge in [0.1, 0.15) is 36.0 Å². The molecule has 6 aromatic rings. The molecule has 36 heteroatoms. The van der Waals surface area contributed by atoms with E-state index in [4.69, 9.17) is 64.0 Å². The number of rotatable bonds is 8. The predicted octanol–water partition coefficient (Wildman–Crippen LogP) is 1.08. The summed E-state index contributed by atoms with van der Waals surface area (Å²) < 4.78 is 157. The Labute approximate surface area is 391 Å².